The fraction of sp³-hybridized carbons (Fsp3) is 0.500. The lowest BCUT2D eigenvalue weighted by atomic mass is 10.1. The Kier molecular flexibility index (Phi) is 8.11. The normalized spacial score (nSPS) is 10.1. The molecule has 0 aliphatic carbocycles. The molecule has 1 N–H and O–H groups in total. The Morgan fingerprint density at radius 2 is 1.65 bits per heavy atom. The van der Waals surface area contributed by atoms with Crippen molar-refractivity contribution in [1.29, 1.82) is 0 Å². The molecule has 0 fully saturated rings. The largest absolute Gasteiger partial charge is 0.362 e. The van der Waals surface area contributed by atoms with E-state index in [9.17, 15) is 9.59 Å². The van der Waals surface area contributed by atoms with Gasteiger partial charge in [-0.2, -0.15) is 5.48 Å². The van der Waals surface area contributed by atoms with Gasteiger partial charge in [-0.3, -0.25) is 4.79 Å². The van der Waals surface area contributed by atoms with E-state index in [4.69, 9.17) is 4.84 Å². The number of nitrogens with one attached hydrogen (secondary N) is 1. The van der Waals surface area contributed by atoms with Gasteiger partial charge in [0.2, 0.25) is 0 Å². The highest BCUT2D eigenvalue weighted by molar-refractivity contribution is 5.90. The van der Waals surface area contributed by atoms with Crippen molar-refractivity contribution < 1.29 is 14.4 Å². The number of benzene rings is 1. The third-order valence-corrected chi connectivity index (χ3v) is 3.02. The van der Waals surface area contributed by atoms with Gasteiger partial charge in [-0.25, -0.2) is 4.79 Å². The molecule has 0 heterocycles. The summed E-state index contributed by atoms with van der Waals surface area (Å²) in [5.74, 6) is -0.785. The minimum absolute atomic E-state index is 0.246. The van der Waals surface area contributed by atoms with Crippen LogP contribution in [0.4, 0.5) is 0 Å². The maximum atomic E-state index is 11.6. The number of unbranched alkanes of at least 4 members (excludes halogenated alkanes) is 5. The Morgan fingerprint density at radius 1 is 1.00 bits per heavy atom. The molecule has 0 spiro atoms. The van der Waals surface area contributed by atoms with E-state index < -0.39 is 5.97 Å². The molecular formula is C16H23NO3. The Labute approximate surface area is 120 Å². The fourth-order valence-electron chi connectivity index (χ4n) is 1.85. The van der Waals surface area contributed by atoms with Gasteiger partial charge in [0.05, 0.1) is 5.56 Å². The predicted octanol–water partition coefficient (Wildman–Crippen LogP) is 3.63. The van der Waals surface area contributed by atoms with Crippen LogP contribution in [0.5, 0.6) is 0 Å². The molecule has 0 saturated heterocycles. The average molecular weight is 277 g/mol. The molecule has 4 heteroatoms. The third kappa shape index (κ3) is 6.92. The molecule has 0 aliphatic heterocycles. The summed E-state index contributed by atoms with van der Waals surface area (Å²) in [6.07, 6.45) is 7.12. The molecule has 0 radical (unpaired) electrons. The van der Waals surface area contributed by atoms with Crippen molar-refractivity contribution in [3.8, 4) is 0 Å². The van der Waals surface area contributed by atoms with Crippen molar-refractivity contribution >= 4 is 11.9 Å². The standard InChI is InChI=1S/C16H23NO3/c1-2-3-4-5-6-10-13-15(18)17-20-16(19)14-11-8-7-9-12-14/h7-9,11-12H,2-6,10,13H2,1H3,(H,17,18). The quantitative estimate of drug-likeness (QED) is 0.583. The first kappa shape index (κ1) is 16.2. The second kappa shape index (κ2) is 10.0. The molecule has 1 rings (SSSR count). The zero-order valence-electron chi connectivity index (χ0n) is 12.1. The van der Waals surface area contributed by atoms with Gasteiger partial charge in [-0.05, 0) is 18.6 Å². The SMILES string of the molecule is CCCCCCCCC(=O)NOC(=O)c1ccccc1. The van der Waals surface area contributed by atoms with Crippen molar-refractivity contribution in [2.45, 2.75) is 51.9 Å². The number of amides is 1. The Bertz CT molecular complexity index is 403. The highest BCUT2D eigenvalue weighted by Gasteiger charge is 2.08. The van der Waals surface area contributed by atoms with E-state index in [0.717, 1.165) is 19.3 Å². The molecule has 0 aliphatic rings. The van der Waals surface area contributed by atoms with Crippen LogP contribution in [-0.2, 0) is 9.63 Å². The molecule has 0 unspecified atom stereocenters. The number of hydrogen-bond donors (Lipinski definition) is 1. The number of rotatable bonds is 8. The molecule has 0 atom stereocenters. The summed E-state index contributed by atoms with van der Waals surface area (Å²) in [7, 11) is 0. The second-order valence-corrected chi connectivity index (χ2v) is 4.80. The van der Waals surface area contributed by atoms with Crippen molar-refractivity contribution in [1.82, 2.24) is 5.48 Å². The zero-order valence-corrected chi connectivity index (χ0v) is 12.1. The van der Waals surface area contributed by atoms with Crippen LogP contribution in [-0.4, -0.2) is 11.9 Å². The lowest BCUT2D eigenvalue weighted by Gasteiger charge is -2.05. The minimum Gasteiger partial charge on any atom is -0.335 e. The van der Waals surface area contributed by atoms with Crippen LogP contribution in [0, 0.1) is 0 Å². The van der Waals surface area contributed by atoms with Gasteiger partial charge in [-0.15, -0.1) is 0 Å². The summed E-state index contributed by atoms with van der Waals surface area (Å²) < 4.78 is 0. The average Bonchev–Trinajstić information content (AvgIpc) is 2.49. The molecule has 0 bridgehead atoms. The van der Waals surface area contributed by atoms with Crippen LogP contribution in [0.25, 0.3) is 0 Å². The summed E-state index contributed by atoms with van der Waals surface area (Å²) in [5.41, 5.74) is 2.62. The van der Waals surface area contributed by atoms with Crippen molar-refractivity contribution in [2.24, 2.45) is 0 Å². The van der Waals surface area contributed by atoms with Crippen molar-refractivity contribution in [2.75, 3.05) is 0 Å². The van der Waals surface area contributed by atoms with E-state index in [1.807, 2.05) is 6.07 Å². The summed E-state index contributed by atoms with van der Waals surface area (Å²) >= 11 is 0. The van der Waals surface area contributed by atoms with Gasteiger partial charge in [0.1, 0.15) is 0 Å². The summed E-state index contributed by atoms with van der Waals surface area (Å²) in [6.45, 7) is 2.18. The third-order valence-electron chi connectivity index (χ3n) is 3.02. The van der Waals surface area contributed by atoms with Crippen LogP contribution >= 0.6 is 0 Å². The summed E-state index contributed by atoms with van der Waals surface area (Å²) in [5, 5.41) is 0. The smallest absolute Gasteiger partial charge is 0.335 e. The van der Waals surface area contributed by atoms with Gasteiger partial charge >= 0.3 is 5.97 Å². The van der Waals surface area contributed by atoms with Gasteiger partial charge in [0.15, 0.2) is 0 Å². The van der Waals surface area contributed by atoms with Crippen LogP contribution in [0.15, 0.2) is 30.3 Å². The van der Waals surface area contributed by atoms with Crippen LogP contribution < -0.4 is 5.48 Å². The van der Waals surface area contributed by atoms with Crippen molar-refractivity contribution in [3.63, 3.8) is 0 Å². The van der Waals surface area contributed by atoms with Crippen LogP contribution in [0.1, 0.15) is 62.2 Å². The Balaban J connectivity index is 2.09. The Hall–Kier alpha value is -1.84. The lowest BCUT2D eigenvalue weighted by molar-refractivity contribution is -0.130. The van der Waals surface area contributed by atoms with Gasteiger partial charge < -0.3 is 4.84 Å². The monoisotopic (exact) mass is 277 g/mol. The Morgan fingerprint density at radius 3 is 2.35 bits per heavy atom. The molecule has 1 amide bonds. The number of carbonyl (C=O) groups is 2. The molecule has 1 aromatic carbocycles. The van der Waals surface area contributed by atoms with Gasteiger partial charge in [-0.1, -0.05) is 57.2 Å². The van der Waals surface area contributed by atoms with Gasteiger partial charge in [0.25, 0.3) is 5.91 Å². The second-order valence-electron chi connectivity index (χ2n) is 4.80. The lowest BCUT2D eigenvalue weighted by Crippen LogP contribution is -2.26. The van der Waals surface area contributed by atoms with Crippen LogP contribution in [0.3, 0.4) is 0 Å². The number of hydroxylamine groups is 1. The van der Waals surface area contributed by atoms with Crippen LogP contribution in [0.2, 0.25) is 0 Å². The summed E-state index contributed by atoms with van der Waals surface area (Å²) in [6, 6.07) is 8.59. The number of hydrogen-bond acceptors (Lipinski definition) is 3. The van der Waals surface area contributed by atoms with E-state index in [1.54, 1.807) is 24.3 Å². The number of carbonyl (C=O) groups excluding carboxylic acids is 2. The van der Waals surface area contributed by atoms with Gasteiger partial charge in [0, 0.05) is 6.42 Å². The molecule has 20 heavy (non-hydrogen) atoms. The highest BCUT2D eigenvalue weighted by atomic mass is 16.7. The van der Waals surface area contributed by atoms with E-state index in [1.165, 1.54) is 19.3 Å². The molecule has 110 valence electrons. The van der Waals surface area contributed by atoms with E-state index in [0.29, 0.717) is 12.0 Å². The first-order valence-electron chi connectivity index (χ1n) is 7.29. The first-order valence-corrected chi connectivity index (χ1v) is 7.29. The zero-order chi connectivity index (χ0) is 14.6. The highest BCUT2D eigenvalue weighted by Crippen LogP contribution is 2.07. The van der Waals surface area contributed by atoms with E-state index in [-0.39, 0.29) is 5.91 Å². The first-order chi connectivity index (χ1) is 9.74. The fourth-order valence-corrected chi connectivity index (χ4v) is 1.85. The van der Waals surface area contributed by atoms with E-state index >= 15 is 0 Å². The topological polar surface area (TPSA) is 55.4 Å². The maximum absolute atomic E-state index is 11.6. The van der Waals surface area contributed by atoms with Crippen molar-refractivity contribution in [3.05, 3.63) is 35.9 Å². The van der Waals surface area contributed by atoms with E-state index in [2.05, 4.69) is 12.4 Å². The molecule has 0 saturated carbocycles. The molecule has 4 nitrogen and oxygen atoms in total. The summed E-state index contributed by atoms with van der Waals surface area (Å²) in [4.78, 5) is 27.8. The predicted molar refractivity (Wildman–Crippen MR) is 78.0 cm³/mol. The maximum Gasteiger partial charge on any atom is 0.362 e. The molecule has 0 aromatic heterocycles. The minimum atomic E-state index is -0.540. The molecular weight excluding hydrogens is 254 g/mol. The molecule has 1 aromatic rings.